The van der Waals surface area contributed by atoms with E-state index in [0.717, 1.165) is 11.4 Å². The normalized spacial score (nSPS) is 13.5. The van der Waals surface area contributed by atoms with Gasteiger partial charge in [0.05, 0.1) is 11.3 Å². The van der Waals surface area contributed by atoms with Crippen molar-refractivity contribution >= 4 is 40.7 Å². The molecule has 6 heteroatoms. The van der Waals surface area contributed by atoms with E-state index < -0.39 is 11.7 Å². The van der Waals surface area contributed by atoms with Gasteiger partial charge in [-0.3, -0.25) is 14.3 Å². The molecule has 1 amide bonds. The summed E-state index contributed by atoms with van der Waals surface area (Å²) in [5.41, 5.74) is 1.05. The quantitative estimate of drug-likeness (QED) is 0.671. The number of ketones is 1. The van der Waals surface area contributed by atoms with Crippen LogP contribution in [-0.4, -0.2) is 11.7 Å². The molecule has 0 bridgehead atoms. The summed E-state index contributed by atoms with van der Waals surface area (Å²) in [6.07, 6.45) is 0. The van der Waals surface area contributed by atoms with Crippen molar-refractivity contribution in [3.8, 4) is 0 Å². The van der Waals surface area contributed by atoms with Crippen LogP contribution in [0.15, 0.2) is 40.6 Å². The third-order valence-electron chi connectivity index (χ3n) is 2.71. The first-order valence-electron chi connectivity index (χ1n) is 5.66. The lowest BCUT2D eigenvalue weighted by Crippen LogP contribution is -2.12. The van der Waals surface area contributed by atoms with Crippen molar-refractivity contribution in [2.75, 3.05) is 5.32 Å². The van der Waals surface area contributed by atoms with Crippen LogP contribution in [0.3, 0.4) is 0 Å². The minimum atomic E-state index is -0.552. The molecule has 0 spiro atoms. The van der Waals surface area contributed by atoms with Gasteiger partial charge in [0.2, 0.25) is 0 Å². The molecule has 0 atom stereocenters. The molecule has 96 valence electrons. The second-order valence-electron chi connectivity index (χ2n) is 3.99. The molecule has 2 aromatic rings. The van der Waals surface area contributed by atoms with Gasteiger partial charge in [-0.1, -0.05) is 6.07 Å². The first kappa shape index (κ1) is 12.4. The molecule has 0 unspecified atom stereocenters. The predicted molar refractivity (Wildman–Crippen MR) is 76.4 cm³/mol. The van der Waals surface area contributed by atoms with E-state index in [2.05, 4.69) is 16.1 Å². The number of carbonyl (C=O) groups excluding carboxylic acids is 2. The van der Waals surface area contributed by atoms with Crippen LogP contribution in [0.5, 0.6) is 0 Å². The molecule has 0 radical (unpaired) electrons. The Kier molecular flexibility index (Phi) is 3.37. The molecule has 1 aliphatic heterocycles. The van der Waals surface area contributed by atoms with Gasteiger partial charge in [0.15, 0.2) is 0 Å². The summed E-state index contributed by atoms with van der Waals surface area (Å²) in [6, 6.07) is 9.45. The molecule has 1 aromatic carbocycles. The summed E-state index contributed by atoms with van der Waals surface area (Å²) < 4.78 is 3.23. The van der Waals surface area contributed by atoms with Gasteiger partial charge >= 0.3 is 0 Å². The van der Waals surface area contributed by atoms with Crippen LogP contribution in [0.4, 0.5) is 5.69 Å². The van der Waals surface area contributed by atoms with E-state index in [1.54, 1.807) is 23.5 Å². The van der Waals surface area contributed by atoms with Gasteiger partial charge in [-0.15, -0.1) is 11.3 Å². The van der Waals surface area contributed by atoms with Gasteiger partial charge in [0, 0.05) is 16.3 Å². The van der Waals surface area contributed by atoms with Gasteiger partial charge in [-0.05, 0) is 41.6 Å². The van der Waals surface area contributed by atoms with Crippen molar-refractivity contribution in [2.45, 2.75) is 11.4 Å². The highest BCUT2D eigenvalue weighted by atomic mass is 32.2. The van der Waals surface area contributed by atoms with Crippen molar-refractivity contribution < 1.29 is 9.59 Å². The monoisotopic (exact) mass is 290 g/mol. The first-order chi connectivity index (χ1) is 9.24. The van der Waals surface area contributed by atoms with Crippen molar-refractivity contribution in [1.82, 2.24) is 4.72 Å². The summed E-state index contributed by atoms with van der Waals surface area (Å²) in [5, 5.41) is 4.57. The van der Waals surface area contributed by atoms with Crippen molar-refractivity contribution in [3.05, 3.63) is 46.2 Å². The molecule has 3 rings (SSSR count). The molecule has 1 aliphatic rings. The number of carbonyl (C=O) groups is 2. The number of amides is 1. The Morgan fingerprint density at radius 3 is 2.95 bits per heavy atom. The Labute approximate surface area is 118 Å². The average molecular weight is 290 g/mol. The molecule has 2 heterocycles. The summed E-state index contributed by atoms with van der Waals surface area (Å²) >= 11 is 3.15. The van der Waals surface area contributed by atoms with Crippen LogP contribution in [0.2, 0.25) is 0 Å². The number of thiophene rings is 1. The van der Waals surface area contributed by atoms with E-state index in [1.165, 1.54) is 16.8 Å². The second kappa shape index (κ2) is 5.16. The van der Waals surface area contributed by atoms with Crippen molar-refractivity contribution in [2.24, 2.45) is 0 Å². The number of benzene rings is 1. The minimum absolute atomic E-state index is 0.452. The van der Waals surface area contributed by atoms with E-state index >= 15 is 0 Å². The van der Waals surface area contributed by atoms with Crippen molar-refractivity contribution in [1.29, 1.82) is 0 Å². The third kappa shape index (κ3) is 2.56. The fourth-order valence-electron chi connectivity index (χ4n) is 1.79. The lowest BCUT2D eigenvalue weighted by Gasteiger charge is -2.04. The molecule has 0 fully saturated rings. The summed E-state index contributed by atoms with van der Waals surface area (Å²) in [6.45, 7) is 0.768. The number of hydrogen-bond donors (Lipinski definition) is 2. The number of Topliss-reactive ketones (excluding diaryl/α,β-unsaturated/α-hetero) is 1. The fraction of sp³-hybridized carbons (Fsp3) is 0.0769. The molecule has 4 nitrogen and oxygen atoms in total. The van der Waals surface area contributed by atoms with Gasteiger partial charge < -0.3 is 5.32 Å². The zero-order valence-corrected chi connectivity index (χ0v) is 11.4. The highest BCUT2D eigenvalue weighted by Crippen LogP contribution is 2.27. The topological polar surface area (TPSA) is 58.2 Å². The predicted octanol–water partition coefficient (Wildman–Crippen LogP) is 2.68. The largest absolute Gasteiger partial charge is 0.318 e. The molecular formula is C13H10N2O2S2. The van der Waals surface area contributed by atoms with Gasteiger partial charge in [0.25, 0.3) is 11.7 Å². The summed E-state index contributed by atoms with van der Waals surface area (Å²) in [4.78, 5) is 25.0. The summed E-state index contributed by atoms with van der Waals surface area (Å²) in [5.74, 6) is -1.01. The smallest absolute Gasteiger partial charge is 0.296 e. The number of rotatable bonds is 4. The van der Waals surface area contributed by atoms with E-state index in [-0.39, 0.29) is 0 Å². The Morgan fingerprint density at radius 1 is 1.26 bits per heavy atom. The highest BCUT2D eigenvalue weighted by Gasteiger charge is 2.27. The van der Waals surface area contributed by atoms with E-state index in [4.69, 9.17) is 0 Å². The zero-order valence-electron chi connectivity index (χ0n) is 9.80. The standard InChI is InChI=1S/C13H10N2O2S2/c16-12-10-6-8(3-4-11(10)15-13(12)17)19-14-7-9-2-1-5-18-9/h1-6,14H,7H2,(H,15,16,17). The SMILES string of the molecule is O=C1Nc2ccc(SNCc3cccs3)cc2C1=O. The Balaban J connectivity index is 1.67. The average Bonchev–Trinajstić information content (AvgIpc) is 3.01. The second-order valence-corrected chi connectivity index (χ2v) is 5.99. The molecular weight excluding hydrogens is 280 g/mol. The maximum atomic E-state index is 11.6. The van der Waals surface area contributed by atoms with Crippen LogP contribution >= 0.6 is 23.3 Å². The van der Waals surface area contributed by atoms with Crippen LogP contribution < -0.4 is 10.0 Å². The number of fused-ring (bicyclic) bond motifs is 1. The maximum Gasteiger partial charge on any atom is 0.296 e. The number of nitrogens with one attached hydrogen (secondary N) is 2. The van der Waals surface area contributed by atoms with E-state index in [0.29, 0.717) is 11.3 Å². The maximum absolute atomic E-state index is 11.6. The van der Waals surface area contributed by atoms with Crippen LogP contribution in [0.1, 0.15) is 15.2 Å². The fourth-order valence-corrected chi connectivity index (χ4v) is 3.23. The lowest BCUT2D eigenvalue weighted by atomic mass is 10.1. The zero-order chi connectivity index (χ0) is 13.2. The molecule has 0 aliphatic carbocycles. The molecule has 19 heavy (non-hydrogen) atoms. The van der Waals surface area contributed by atoms with Crippen LogP contribution in [0, 0.1) is 0 Å². The Morgan fingerprint density at radius 2 is 2.16 bits per heavy atom. The van der Waals surface area contributed by atoms with Gasteiger partial charge in [0.1, 0.15) is 0 Å². The Bertz CT molecular complexity index is 638. The number of hydrogen-bond acceptors (Lipinski definition) is 5. The number of anilines is 1. The van der Waals surface area contributed by atoms with Crippen molar-refractivity contribution in [3.63, 3.8) is 0 Å². The van der Waals surface area contributed by atoms with E-state index in [1.807, 2.05) is 17.5 Å². The van der Waals surface area contributed by atoms with E-state index in [9.17, 15) is 9.59 Å². The lowest BCUT2D eigenvalue weighted by molar-refractivity contribution is -0.112. The van der Waals surface area contributed by atoms with Crippen LogP contribution in [-0.2, 0) is 11.3 Å². The molecule has 0 saturated heterocycles. The van der Waals surface area contributed by atoms with Gasteiger partial charge in [-0.25, -0.2) is 0 Å². The highest BCUT2D eigenvalue weighted by molar-refractivity contribution is 7.97. The molecule has 0 saturated carbocycles. The first-order valence-corrected chi connectivity index (χ1v) is 7.35. The van der Waals surface area contributed by atoms with Gasteiger partial charge in [-0.2, -0.15) is 0 Å². The molecule has 1 aromatic heterocycles. The Hall–Kier alpha value is -1.63. The van der Waals surface area contributed by atoms with Crippen LogP contribution in [0.25, 0.3) is 0 Å². The summed E-state index contributed by atoms with van der Waals surface area (Å²) in [7, 11) is 0. The third-order valence-corrected chi connectivity index (χ3v) is 4.36. The minimum Gasteiger partial charge on any atom is -0.318 e. The molecule has 2 N–H and O–H groups in total.